The van der Waals surface area contributed by atoms with E-state index in [1.54, 1.807) is 0 Å². The monoisotopic (exact) mass is 503 g/mol. The van der Waals surface area contributed by atoms with Gasteiger partial charge in [0.25, 0.3) is 0 Å². The van der Waals surface area contributed by atoms with Crippen molar-refractivity contribution >= 4 is 41.5 Å². The number of aliphatic imine (C=N–C) groups is 1. The van der Waals surface area contributed by atoms with Crippen LogP contribution in [0.5, 0.6) is 0 Å². The van der Waals surface area contributed by atoms with Crippen LogP contribution >= 0.6 is 35.6 Å². The van der Waals surface area contributed by atoms with Gasteiger partial charge in [-0.3, -0.25) is 4.99 Å². The Labute approximate surface area is 182 Å². The van der Waals surface area contributed by atoms with Crippen molar-refractivity contribution in [2.45, 2.75) is 44.9 Å². The number of nitrogens with one attached hydrogen (secondary N) is 2. The number of benzene rings is 1. The molecule has 0 bridgehead atoms. The van der Waals surface area contributed by atoms with Crippen LogP contribution in [0.2, 0.25) is 5.02 Å². The SMILES string of the molecule is CCNC(=NCC1(c2cccc(Cl)c2)CC1)NCCCc1nc(C)no1.I. The molecule has 1 aromatic heterocycles. The van der Waals surface area contributed by atoms with E-state index < -0.39 is 0 Å². The highest BCUT2D eigenvalue weighted by Crippen LogP contribution is 2.48. The number of hydrogen-bond acceptors (Lipinski definition) is 4. The Morgan fingerprint density at radius 2 is 2.15 bits per heavy atom. The van der Waals surface area contributed by atoms with E-state index in [0.29, 0.717) is 11.7 Å². The zero-order valence-corrected chi connectivity index (χ0v) is 18.9. The normalized spacial score (nSPS) is 15.1. The first-order chi connectivity index (χ1) is 12.6. The average molecular weight is 504 g/mol. The standard InChI is InChI=1S/C19H26ClN5O.HI/c1-3-21-18(22-11-5-8-17-24-14(2)25-26-17)23-13-19(9-10-19)15-6-4-7-16(20)12-15;/h4,6-7,12H,3,5,8-11,13H2,1-2H3,(H2,21,22,23);1H. The fraction of sp³-hybridized carbons (Fsp3) is 0.526. The molecule has 0 atom stereocenters. The Bertz CT molecular complexity index is 760. The van der Waals surface area contributed by atoms with Gasteiger partial charge in [0.1, 0.15) is 0 Å². The van der Waals surface area contributed by atoms with Crippen LogP contribution in [-0.2, 0) is 11.8 Å². The van der Waals surface area contributed by atoms with Crippen molar-refractivity contribution < 1.29 is 4.52 Å². The minimum Gasteiger partial charge on any atom is -0.357 e. The van der Waals surface area contributed by atoms with Crippen molar-refractivity contribution in [3.63, 3.8) is 0 Å². The average Bonchev–Trinajstić information content (AvgIpc) is 3.31. The zero-order chi connectivity index (χ0) is 18.4. The lowest BCUT2D eigenvalue weighted by Gasteiger charge is -2.16. The predicted octanol–water partition coefficient (Wildman–Crippen LogP) is 3.87. The van der Waals surface area contributed by atoms with E-state index >= 15 is 0 Å². The lowest BCUT2D eigenvalue weighted by Crippen LogP contribution is -2.38. The fourth-order valence-electron chi connectivity index (χ4n) is 2.97. The molecule has 0 saturated heterocycles. The fourth-order valence-corrected chi connectivity index (χ4v) is 3.16. The third-order valence-corrected chi connectivity index (χ3v) is 4.84. The second-order valence-electron chi connectivity index (χ2n) is 6.75. The molecule has 1 aromatic carbocycles. The van der Waals surface area contributed by atoms with Gasteiger partial charge in [0.2, 0.25) is 5.89 Å². The molecular weight excluding hydrogens is 477 g/mol. The van der Waals surface area contributed by atoms with Crippen LogP contribution in [0, 0.1) is 6.92 Å². The summed E-state index contributed by atoms with van der Waals surface area (Å²) < 4.78 is 5.13. The van der Waals surface area contributed by atoms with Crippen molar-refractivity contribution in [1.82, 2.24) is 20.8 Å². The van der Waals surface area contributed by atoms with Crippen LogP contribution in [0.3, 0.4) is 0 Å². The summed E-state index contributed by atoms with van der Waals surface area (Å²) in [6.45, 7) is 6.30. The van der Waals surface area contributed by atoms with Crippen LogP contribution in [0.1, 0.15) is 43.5 Å². The number of aromatic nitrogens is 2. The lowest BCUT2D eigenvalue weighted by molar-refractivity contribution is 0.372. The second-order valence-corrected chi connectivity index (χ2v) is 7.19. The van der Waals surface area contributed by atoms with E-state index in [2.05, 4.69) is 39.8 Å². The van der Waals surface area contributed by atoms with Crippen molar-refractivity contribution in [3.05, 3.63) is 46.6 Å². The lowest BCUT2D eigenvalue weighted by atomic mass is 9.96. The van der Waals surface area contributed by atoms with Gasteiger partial charge in [-0.2, -0.15) is 4.98 Å². The molecule has 0 aliphatic heterocycles. The van der Waals surface area contributed by atoms with E-state index in [-0.39, 0.29) is 29.4 Å². The first-order valence-corrected chi connectivity index (χ1v) is 9.56. The van der Waals surface area contributed by atoms with Crippen LogP contribution < -0.4 is 10.6 Å². The van der Waals surface area contributed by atoms with Gasteiger partial charge in [-0.1, -0.05) is 28.9 Å². The van der Waals surface area contributed by atoms with Gasteiger partial charge in [-0.15, -0.1) is 24.0 Å². The van der Waals surface area contributed by atoms with Gasteiger partial charge < -0.3 is 15.2 Å². The maximum absolute atomic E-state index is 6.15. The highest BCUT2D eigenvalue weighted by molar-refractivity contribution is 14.0. The predicted molar refractivity (Wildman–Crippen MR) is 119 cm³/mol. The van der Waals surface area contributed by atoms with Crippen LogP contribution in [0.25, 0.3) is 0 Å². The van der Waals surface area contributed by atoms with Gasteiger partial charge in [-0.25, -0.2) is 0 Å². The molecule has 1 aliphatic rings. The first kappa shape index (κ1) is 21.9. The number of aryl methyl sites for hydroxylation is 2. The van der Waals surface area contributed by atoms with Gasteiger partial charge in [-0.05, 0) is 50.8 Å². The summed E-state index contributed by atoms with van der Waals surface area (Å²) in [6.07, 6.45) is 3.99. The molecule has 1 fully saturated rings. The molecule has 2 N–H and O–H groups in total. The van der Waals surface area contributed by atoms with Crippen LogP contribution in [0.4, 0.5) is 0 Å². The third-order valence-electron chi connectivity index (χ3n) is 4.60. The Morgan fingerprint density at radius 3 is 2.78 bits per heavy atom. The second kappa shape index (κ2) is 10.3. The number of guanidine groups is 1. The molecule has 27 heavy (non-hydrogen) atoms. The summed E-state index contributed by atoms with van der Waals surface area (Å²) in [4.78, 5) is 9.02. The molecule has 8 heteroatoms. The zero-order valence-electron chi connectivity index (χ0n) is 15.8. The smallest absolute Gasteiger partial charge is 0.226 e. The van der Waals surface area contributed by atoms with Gasteiger partial charge in [0.15, 0.2) is 11.8 Å². The Hall–Kier alpha value is -1.35. The summed E-state index contributed by atoms with van der Waals surface area (Å²) in [7, 11) is 0. The molecule has 1 aliphatic carbocycles. The van der Waals surface area contributed by atoms with Gasteiger partial charge in [0, 0.05) is 29.9 Å². The topological polar surface area (TPSA) is 75.3 Å². The summed E-state index contributed by atoms with van der Waals surface area (Å²) in [6, 6.07) is 8.16. The van der Waals surface area contributed by atoms with Gasteiger partial charge in [0.05, 0.1) is 6.54 Å². The summed E-state index contributed by atoms with van der Waals surface area (Å²) >= 11 is 6.15. The highest BCUT2D eigenvalue weighted by atomic mass is 127. The van der Waals surface area contributed by atoms with Crippen molar-refractivity contribution in [2.24, 2.45) is 4.99 Å². The number of hydrogen-bond donors (Lipinski definition) is 2. The first-order valence-electron chi connectivity index (χ1n) is 9.19. The Balaban J connectivity index is 0.00000261. The maximum atomic E-state index is 6.15. The molecule has 0 unspecified atom stereocenters. The largest absolute Gasteiger partial charge is 0.357 e. The summed E-state index contributed by atoms with van der Waals surface area (Å²) in [5.74, 6) is 2.21. The van der Waals surface area contributed by atoms with E-state index in [1.165, 1.54) is 5.56 Å². The van der Waals surface area contributed by atoms with Crippen molar-refractivity contribution in [2.75, 3.05) is 19.6 Å². The molecule has 148 valence electrons. The van der Waals surface area contributed by atoms with E-state index in [9.17, 15) is 0 Å². The molecule has 6 nitrogen and oxygen atoms in total. The van der Waals surface area contributed by atoms with Crippen LogP contribution in [0.15, 0.2) is 33.8 Å². The molecule has 3 rings (SSSR count). The quantitative estimate of drug-likeness (QED) is 0.248. The summed E-state index contributed by atoms with van der Waals surface area (Å²) in [5.41, 5.74) is 1.44. The Kier molecular flexibility index (Phi) is 8.34. The van der Waals surface area contributed by atoms with Crippen molar-refractivity contribution in [3.8, 4) is 0 Å². The molecule has 0 amide bonds. The number of nitrogens with zero attached hydrogens (tertiary/aromatic N) is 3. The summed E-state index contributed by atoms with van der Waals surface area (Å²) in [5, 5.41) is 11.3. The van der Waals surface area contributed by atoms with E-state index in [1.807, 2.05) is 19.1 Å². The minimum atomic E-state index is 0. The number of rotatable bonds is 8. The van der Waals surface area contributed by atoms with Crippen LogP contribution in [-0.4, -0.2) is 35.7 Å². The molecule has 1 heterocycles. The van der Waals surface area contributed by atoms with E-state index in [4.69, 9.17) is 21.1 Å². The minimum absolute atomic E-state index is 0. The molecular formula is C19H27ClIN5O. The highest BCUT2D eigenvalue weighted by Gasteiger charge is 2.44. The molecule has 2 aromatic rings. The third kappa shape index (κ3) is 6.34. The van der Waals surface area contributed by atoms with Crippen molar-refractivity contribution in [1.29, 1.82) is 0 Å². The maximum Gasteiger partial charge on any atom is 0.226 e. The molecule has 1 saturated carbocycles. The number of halogens is 2. The molecule has 0 spiro atoms. The van der Waals surface area contributed by atoms with Gasteiger partial charge >= 0.3 is 0 Å². The Morgan fingerprint density at radius 1 is 1.33 bits per heavy atom. The molecule has 0 radical (unpaired) electrons. The van der Waals surface area contributed by atoms with E-state index in [0.717, 1.165) is 56.3 Å².